The molecule has 0 amide bonds. The number of likely N-dealkylation sites (tertiary alicyclic amines) is 1. The van der Waals surface area contributed by atoms with Crippen LogP contribution < -0.4 is 19.5 Å². The molecule has 2 aromatic rings. The fraction of sp³-hybridized carbons (Fsp3) is 0.435. The van der Waals surface area contributed by atoms with Gasteiger partial charge in [-0.15, -0.1) is 24.0 Å². The van der Waals surface area contributed by atoms with E-state index >= 15 is 0 Å². The molecule has 0 aromatic heterocycles. The van der Waals surface area contributed by atoms with Crippen LogP contribution in [0.1, 0.15) is 30.4 Å². The van der Waals surface area contributed by atoms with Crippen LogP contribution in [0.4, 0.5) is 0 Å². The van der Waals surface area contributed by atoms with E-state index in [-0.39, 0.29) is 24.0 Å². The van der Waals surface area contributed by atoms with Crippen LogP contribution in [0.3, 0.4) is 0 Å². The van der Waals surface area contributed by atoms with E-state index in [1.165, 1.54) is 5.56 Å². The fourth-order valence-electron chi connectivity index (χ4n) is 3.71. The second-order valence-electron chi connectivity index (χ2n) is 7.02. The lowest BCUT2D eigenvalue weighted by Crippen LogP contribution is -2.39. The molecule has 2 aromatic carbocycles. The molecule has 0 radical (unpaired) electrons. The Labute approximate surface area is 196 Å². The maximum absolute atomic E-state index is 5.68. The highest BCUT2D eigenvalue weighted by Crippen LogP contribution is 2.29. The van der Waals surface area contributed by atoms with Gasteiger partial charge in [0.1, 0.15) is 5.75 Å². The summed E-state index contributed by atoms with van der Waals surface area (Å²) in [5.41, 5.74) is 2.47. The summed E-state index contributed by atoms with van der Waals surface area (Å²) in [6, 6.07) is 14.4. The number of ether oxygens (including phenoxy) is 3. The molecule has 1 aliphatic heterocycles. The van der Waals surface area contributed by atoms with Crippen LogP contribution in [-0.4, -0.2) is 51.8 Å². The zero-order valence-corrected chi connectivity index (χ0v) is 20.5. The summed E-state index contributed by atoms with van der Waals surface area (Å²) in [7, 11) is 5.19. The molecule has 30 heavy (non-hydrogen) atoms. The van der Waals surface area contributed by atoms with Crippen molar-refractivity contribution in [2.24, 2.45) is 4.99 Å². The van der Waals surface area contributed by atoms with Gasteiger partial charge in [0.05, 0.1) is 20.8 Å². The normalized spacial score (nSPS) is 16.1. The standard InChI is InChI=1S/C23H31N3O3.HI/c1-5-29-22-14-17(6-11-21(22)28-4)15-25-23(24-2)26-13-12-19(16-26)18-7-9-20(27-3)10-8-18;/h6-11,14,19H,5,12-13,15-16H2,1-4H3,(H,24,25);1H. The van der Waals surface area contributed by atoms with E-state index in [1.54, 1.807) is 14.2 Å². The number of halogens is 1. The lowest BCUT2D eigenvalue weighted by molar-refractivity contribution is 0.310. The number of nitrogens with zero attached hydrogens (tertiary/aromatic N) is 2. The van der Waals surface area contributed by atoms with Crippen molar-refractivity contribution in [2.45, 2.75) is 25.8 Å². The summed E-state index contributed by atoms with van der Waals surface area (Å²) in [5.74, 6) is 3.85. The largest absolute Gasteiger partial charge is 0.497 e. The highest BCUT2D eigenvalue weighted by molar-refractivity contribution is 14.0. The molecule has 164 valence electrons. The van der Waals surface area contributed by atoms with Gasteiger partial charge in [-0.25, -0.2) is 0 Å². The van der Waals surface area contributed by atoms with Gasteiger partial charge in [0.15, 0.2) is 17.5 Å². The maximum atomic E-state index is 5.68. The van der Waals surface area contributed by atoms with E-state index in [4.69, 9.17) is 14.2 Å². The fourth-order valence-corrected chi connectivity index (χ4v) is 3.71. The van der Waals surface area contributed by atoms with Crippen molar-refractivity contribution in [3.8, 4) is 17.2 Å². The third-order valence-corrected chi connectivity index (χ3v) is 5.27. The number of nitrogens with one attached hydrogen (secondary N) is 1. The second kappa shape index (κ2) is 11.9. The third-order valence-electron chi connectivity index (χ3n) is 5.27. The number of hydrogen-bond acceptors (Lipinski definition) is 4. The Hall–Kier alpha value is -2.16. The Balaban J connectivity index is 0.00000320. The minimum Gasteiger partial charge on any atom is -0.497 e. The van der Waals surface area contributed by atoms with Crippen LogP contribution >= 0.6 is 24.0 Å². The highest BCUT2D eigenvalue weighted by Gasteiger charge is 2.26. The molecule has 1 unspecified atom stereocenters. The van der Waals surface area contributed by atoms with Crippen LogP contribution in [0.2, 0.25) is 0 Å². The lowest BCUT2D eigenvalue weighted by atomic mass is 9.98. The SMILES string of the molecule is CCOc1cc(CNC(=NC)N2CCC(c3ccc(OC)cc3)C2)ccc1OC.I. The van der Waals surface area contributed by atoms with Gasteiger partial charge in [0.25, 0.3) is 0 Å². The minimum absolute atomic E-state index is 0. The number of methoxy groups -OCH3 is 2. The average Bonchev–Trinajstić information content (AvgIpc) is 3.25. The van der Waals surface area contributed by atoms with Crippen LogP contribution in [0, 0.1) is 0 Å². The Morgan fingerprint density at radius 2 is 1.87 bits per heavy atom. The van der Waals surface area contributed by atoms with Gasteiger partial charge < -0.3 is 24.4 Å². The van der Waals surface area contributed by atoms with Gasteiger partial charge in [-0.3, -0.25) is 4.99 Å². The summed E-state index contributed by atoms with van der Waals surface area (Å²) >= 11 is 0. The predicted octanol–water partition coefficient (Wildman–Crippen LogP) is 4.29. The molecule has 0 spiro atoms. The second-order valence-corrected chi connectivity index (χ2v) is 7.02. The van der Waals surface area contributed by atoms with E-state index in [0.717, 1.165) is 48.3 Å². The van der Waals surface area contributed by atoms with E-state index in [2.05, 4.69) is 27.3 Å². The average molecular weight is 525 g/mol. The first-order valence-electron chi connectivity index (χ1n) is 10.1. The first-order chi connectivity index (χ1) is 14.2. The number of hydrogen-bond donors (Lipinski definition) is 1. The van der Waals surface area contributed by atoms with E-state index in [0.29, 0.717) is 19.1 Å². The number of benzene rings is 2. The maximum Gasteiger partial charge on any atom is 0.193 e. The van der Waals surface area contributed by atoms with Crippen LogP contribution in [-0.2, 0) is 6.54 Å². The third kappa shape index (κ3) is 5.93. The first kappa shape index (κ1) is 24.1. The van der Waals surface area contributed by atoms with Crippen LogP contribution in [0.5, 0.6) is 17.2 Å². The molecule has 7 heteroatoms. The van der Waals surface area contributed by atoms with Crippen molar-refractivity contribution in [3.05, 3.63) is 53.6 Å². The summed E-state index contributed by atoms with van der Waals surface area (Å²) < 4.78 is 16.3. The van der Waals surface area contributed by atoms with E-state index in [9.17, 15) is 0 Å². The molecule has 0 saturated carbocycles. The Kier molecular flexibility index (Phi) is 9.55. The first-order valence-corrected chi connectivity index (χ1v) is 10.1. The number of guanidine groups is 1. The van der Waals surface area contributed by atoms with Crippen molar-refractivity contribution >= 4 is 29.9 Å². The van der Waals surface area contributed by atoms with Crippen molar-refractivity contribution < 1.29 is 14.2 Å². The van der Waals surface area contributed by atoms with Gasteiger partial charge in [-0.05, 0) is 48.7 Å². The molecule has 1 heterocycles. The van der Waals surface area contributed by atoms with E-state index in [1.807, 2.05) is 44.3 Å². The Morgan fingerprint density at radius 3 is 2.50 bits per heavy atom. The summed E-state index contributed by atoms with van der Waals surface area (Å²) in [6.07, 6.45) is 1.12. The topological polar surface area (TPSA) is 55.3 Å². The van der Waals surface area contributed by atoms with E-state index < -0.39 is 0 Å². The molecule has 0 aliphatic carbocycles. The molecule has 1 saturated heterocycles. The highest BCUT2D eigenvalue weighted by atomic mass is 127. The molecule has 1 fully saturated rings. The summed E-state index contributed by atoms with van der Waals surface area (Å²) in [5, 5.41) is 3.48. The lowest BCUT2D eigenvalue weighted by Gasteiger charge is -2.22. The molecular weight excluding hydrogens is 493 g/mol. The van der Waals surface area contributed by atoms with Gasteiger partial charge in [0, 0.05) is 32.6 Å². The molecule has 1 aliphatic rings. The van der Waals surface area contributed by atoms with Crippen LogP contribution in [0.25, 0.3) is 0 Å². The van der Waals surface area contributed by atoms with Crippen molar-refractivity contribution in [1.82, 2.24) is 10.2 Å². The molecular formula is C23H32IN3O3. The Bertz CT molecular complexity index is 827. The summed E-state index contributed by atoms with van der Waals surface area (Å²) in [4.78, 5) is 6.81. The van der Waals surface area contributed by atoms with Gasteiger partial charge >= 0.3 is 0 Å². The quantitative estimate of drug-likeness (QED) is 0.332. The molecule has 1 atom stereocenters. The van der Waals surface area contributed by atoms with Crippen molar-refractivity contribution in [1.29, 1.82) is 0 Å². The molecule has 0 bridgehead atoms. The van der Waals surface area contributed by atoms with Crippen LogP contribution in [0.15, 0.2) is 47.5 Å². The number of rotatable bonds is 7. The molecule has 3 rings (SSSR count). The van der Waals surface area contributed by atoms with Gasteiger partial charge in [0.2, 0.25) is 0 Å². The van der Waals surface area contributed by atoms with Crippen molar-refractivity contribution in [2.75, 3.05) is 41.0 Å². The minimum atomic E-state index is 0. The van der Waals surface area contributed by atoms with Gasteiger partial charge in [-0.1, -0.05) is 18.2 Å². The van der Waals surface area contributed by atoms with Crippen molar-refractivity contribution in [3.63, 3.8) is 0 Å². The van der Waals surface area contributed by atoms with Gasteiger partial charge in [-0.2, -0.15) is 0 Å². The zero-order valence-electron chi connectivity index (χ0n) is 18.2. The predicted molar refractivity (Wildman–Crippen MR) is 132 cm³/mol. The molecule has 6 nitrogen and oxygen atoms in total. The smallest absolute Gasteiger partial charge is 0.193 e. The number of aliphatic imine (C=N–C) groups is 1. The Morgan fingerprint density at radius 1 is 1.10 bits per heavy atom. The molecule has 1 N–H and O–H groups in total. The zero-order chi connectivity index (χ0) is 20.6. The monoisotopic (exact) mass is 525 g/mol. The summed E-state index contributed by atoms with van der Waals surface area (Å²) in [6.45, 7) is 5.21.